The summed E-state index contributed by atoms with van der Waals surface area (Å²) in [6.07, 6.45) is 5.03. The molecule has 0 bridgehead atoms. The molecule has 1 radical (unpaired) electrons. The highest BCUT2D eigenvalue weighted by atomic mass is 16.5. The lowest BCUT2D eigenvalue weighted by Crippen LogP contribution is -2.56. The molecule has 2 fully saturated rings. The van der Waals surface area contributed by atoms with Crippen molar-refractivity contribution in [3.63, 3.8) is 0 Å². The van der Waals surface area contributed by atoms with E-state index in [0.29, 0.717) is 27.3 Å². The van der Waals surface area contributed by atoms with E-state index < -0.39 is 5.97 Å². The Morgan fingerprint density at radius 3 is 2.70 bits per heavy atom. The number of carboxylic acid groups (broad SMARTS) is 1. The van der Waals surface area contributed by atoms with E-state index in [4.69, 9.17) is 14.4 Å². The van der Waals surface area contributed by atoms with Crippen molar-refractivity contribution >= 4 is 19.6 Å². The van der Waals surface area contributed by atoms with Gasteiger partial charge in [0.25, 0.3) is 0 Å². The Balaban J connectivity index is 2.02. The summed E-state index contributed by atoms with van der Waals surface area (Å²) in [5.74, 6) is -0.570. The lowest BCUT2D eigenvalue weighted by atomic mass is 10.0. The summed E-state index contributed by atoms with van der Waals surface area (Å²) in [6, 6.07) is 0. The Kier molecular flexibility index (Phi) is 8.34. The van der Waals surface area contributed by atoms with Gasteiger partial charge in [-0.3, -0.25) is 4.79 Å². The van der Waals surface area contributed by atoms with Gasteiger partial charge in [0.15, 0.2) is 0 Å². The van der Waals surface area contributed by atoms with Crippen molar-refractivity contribution in [1.82, 2.24) is 10.2 Å². The number of amides is 1. The molecular formula is C18H28BN2O6. The number of hydrogen-bond donors (Lipinski definition) is 3. The zero-order chi connectivity index (χ0) is 19.8. The molecule has 0 aromatic rings. The molecule has 0 saturated carbocycles. The maximum atomic E-state index is 12.4. The number of allylic oxidation sites excluding steroid dienone is 2. The molecule has 0 aromatic heterocycles. The van der Waals surface area contributed by atoms with E-state index in [9.17, 15) is 14.7 Å². The fourth-order valence-corrected chi connectivity index (χ4v) is 2.95. The van der Waals surface area contributed by atoms with E-state index in [1.54, 1.807) is 11.0 Å². The molecule has 2 aliphatic rings. The van der Waals surface area contributed by atoms with Crippen LogP contribution in [0.25, 0.3) is 0 Å². The van der Waals surface area contributed by atoms with Crippen LogP contribution in [0.4, 0.5) is 0 Å². The first-order valence-corrected chi connectivity index (χ1v) is 9.34. The Hall–Kier alpha value is -1.84. The molecule has 0 aromatic carbocycles. The van der Waals surface area contributed by atoms with Gasteiger partial charge >= 0.3 is 13.7 Å². The van der Waals surface area contributed by atoms with Crippen molar-refractivity contribution in [2.75, 3.05) is 32.8 Å². The number of hydrogen-bond acceptors (Lipinski definition) is 6. The maximum Gasteiger partial charge on any atom is 0.485 e. The highest BCUT2D eigenvalue weighted by Gasteiger charge is 2.37. The van der Waals surface area contributed by atoms with Crippen LogP contribution in [0.2, 0.25) is 0 Å². The number of carbonyl (C=O) groups excluding carboxylic acids is 1. The van der Waals surface area contributed by atoms with E-state index in [-0.39, 0.29) is 41.8 Å². The summed E-state index contributed by atoms with van der Waals surface area (Å²) >= 11 is 0. The summed E-state index contributed by atoms with van der Waals surface area (Å²) < 4.78 is 10.6. The van der Waals surface area contributed by atoms with Crippen LogP contribution in [-0.4, -0.2) is 73.5 Å². The van der Waals surface area contributed by atoms with Crippen molar-refractivity contribution in [3.05, 3.63) is 23.5 Å². The molecule has 2 unspecified atom stereocenters. The van der Waals surface area contributed by atoms with E-state index >= 15 is 0 Å². The number of carboxylic acids is 1. The standard InChI is InChI=1S/C18H28BN2O6/c1-3-12(2)4-5-16(15(18(23)24)11-26-19-25)27-14-9-21(10-14)17(22)13-6-7-20-8-13/h4-5,12-14,20,25H,3,6-11H2,1-2H3,(H,23,24)/b5-4-,16-15-. The molecule has 2 aliphatic heterocycles. The smallest absolute Gasteiger partial charge is 0.485 e. The molecule has 8 nitrogen and oxygen atoms in total. The SMILES string of the molecule is CCC(C)/C=C\C(OC1CN(C(=O)C2CCNC2)C1)=C(/CO[B]O)C(=O)O. The quantitative estimate of drug-likeness (QED) is 0.217. The lowest BCUT2D eigenvalue weighted by Gasteiger charge is -2.40. The van der Waals surface area contributed by atoms with Gasteiger partial charge in [0, 0.05) is 6.54 Å². The molecule has 2 atom stereocenters. The number of likely N-dealkylation sites (tertiary alicyclic amines) is 1. The Bertz CT molecular complexity index is 582. The monoisotopic (exact) mass is 379 g/mol. The first kappa shape index (κ1) is 21.5. The highest BCUT2D eigenvalue weighted by Crippen LogP contribution is 2.23. The molecule has 27 heavy (non-hydrogen) atoms. The number of rotatable bonds is 10. The van der Waals surface area contributed by atoms with Gasteiger partial charge < -0.3 is 29.7 Å². The second-order valence-electron chi connectivity index (χ2n) is 6.98. The molecule has 0 spiro atoms. The number of nitrogens with zero attached hydrogens (tertiary/aromatic N) is 1. The van der Waals surface area contributed by atoms with E-state index in [2.05, 4.69) is 5.32 Å². The zero-order valence-electron chi connectivity index (χ0n) is 15.9. The van der Waals surface area contributed by atoms with Gasteiger partial charge in [-0.05, 0) is 25.0 Å². The van der Waals surface area contributed by atoms with Crippen molar-refractivity contribution < 1.29 is 29.1 Å². The molecule has 9 heteroatoms. The lowest BCUT2D eigenvalue weighted by molar-refractivity contribution is -0.146. The molecule has 2 rings (SSSR count). The van der Waals surface area contributed by atoms with Gasteiger partial charge in [0.1, 0.15) is 17.4 Å². The Morgan fingerprint density at radius 1 is 1.41 bits per heavy atom. The summed E-state index contributed by atoms with van der Waals surface area (Å²) in [4.78, 5) is 25.7. The molecule has 1 amide bonds. The minimum Gasteiger partial charge on any atom is -0.486 e. The second kappa shape index (κ2) is 10.5. The van der Waals surface area contributed by atoms with Gasteiger partial charge in [0.05, 0.1) is 25.6 Å². The normalized spacial score (nSPS) is 22.3. The average Bonchev–Trinajstić information content (AvgIpc) is 3.15. The van der Waals surface area contributed by atoms with Crippen molar-refractivity contribution in [1.29, 1.82) is 0 Å². The van der Waals surface area contributed by atoms with Crippen molar-refractivity contribution in [2.45, 2.75) is 32.8 Å². The number of nitrogens with one attached hydrogen (secondary N) is 1. The summed E-state index contributed by atoms with van der Waals surface area (Å²) in [6.45, 7) is 6.20. The van der Waals surface area contributed by atoms with E-state index in [1.807, 2.05) is 19.9 Å². The third-order valence-corrected chi connectivity index (χ3v) is 4.94. The molecule has 2 heterocycles. The highest BCUT2D eigenvalue weighted by molar-refractivity contribution is 6.16. The van der Waals surface area contributed by atoms with Crippen LogP contribution in [0.3, 0.4) is 0 Å². The van der Waals surface area contributed by atoms with Crippen LogP contribution in [0.5, 0.6) is 0 Å². The van der Waals surface area contributed by atoms with Gasteiger partial charge in [-0.25, -0.2) is 4.79 Å². The van der Waals surface area contributed by atoms with Crippen LogP contribution in [0.15, 0.2) is 23.5 Å². The Labute approximate surface area is 160 Å². The third-order valence-electron chi connectivity index (χ3n) is 4.94. The fourth-order valence-electron chi connectivity index (χ4n) is 2.95. The first-order valence-electron chi connectivity index (χ1n) is 9.34. The minimum atomic E-state index is -1.18. The molecule has 149 valence electrons. The van der Waals surface area contributed by atoms with E-state index in [1.165, 1.54) is 0 Å². The minimum absolute atomic E-state index is 0.0225. The molecule has 0 aliphatic carbocycles. The predicted octanol–water partition coefficient (Wildman–Crippen LogP) is 0.307. The maximum absolute atomic E-state index is 12.4. The van der Waals surface area contributed by atoms with Gasteiger partial charge in [-0.2, -0.15) is 0 Å². The van der Waals surface area contributed by atoms with Crippen LogP contribution in [-0.2, 0) is 19.0 Å². The van der Waals surface area contributed by atoms with Gasteiger partial charge in [0.2, 0.25) is 5.91 Å². The number of carbonyl (C=O) groups is 2. The third kappa shape index (κ3) is 6.09. The fraction of sp³-hybridized carbons (Fsp3) is 0.667. The van der Waals surface area contributed by atoms with Crippen LogP contribution in [0.1, 0.15) is 26.7 Å². The molecule has 2 saturated heterocycles. The van der Waals surface area contributed by atoms with Gasteiger partial charge in [-0.15, -0.1) is 0 Å². The van der Waals surface area contributed by atoms with Crippen LogP contribution >= 0.6 is 0 Å². The number of ether oxygens (including phenoxy) is 1. The second-order valence-corrected chi connectivity index (χ2v) is 6.98. The largest absolute Gasteiger partial charge is 0.486 e. The zero-order valence-corrected chi connectivity index (χ0v) is 15.9. The summed E-state index contributed by atoms with van der Waals surface area (Å²) in [7, 11) is 0.457. The van der Waals surface area contributed by atoms with Crippen LogP contribution < -0.4 is 5.32 Å². The summed E-state index contributed by atoms with van der Waals surface area (Å²) in [5, 5.41) is 21.3. The predicted molar refractivity (Wildman–Crippen MR) is 99.6 cm³/mol. The Morgan fingerprint density at radius 2 is 2.15 bits per heavy atom. The molecular weight excluding hydrogens is 351 g/mol. The topological polar surface area (TPSA) is 108 Å². The average molecular weight is 379 g/mol. The first-order chi connectivity index (χ1) is 13.0. The van der Waals surface area contributed by atoms with Crippen molar-refractivity contribution in [2.24, 2.45) is 11.8 Å². The van der Waals surface area contributed by atoms with Gasteiger partial charge in [-0.1, -0.05) is 26.3 Å². The van der Waals surface area contributed by atoms with E-state index in [0.717, 1.165) is 19.4 Å². The number of aliphatic carboxylic acids is 1. The molecule has 3 N–H and O–H groups in total. The van der Waals surface area contributed by atoms with Crippen LogP contribution in [0, 0.1) is 11.8 Å². The summed E-state index contributed by atoms with van der Waals surface area (Å²) in [5.41, 5.74) is -0.0791. The van der Waals surface area contributed by atoms with Crippen molar-refractivity contribution in [3.8, 4) is 0 Å².